The van der Waals surface area contributed by atoms with Crippen LogP contribution in [0.2, 0.25) is 0 Å². The van der Waals surface area contributed by atoms with Gasteiger partial charge in [-0.2, -0.15) is 13.2 Å². The van der Waals surface area contributed by atoms with Crippen LogP contribution in [0, 0.1) is 0 Å². The summed E-state index contributed by atoms with van der Waals surface area (Å²) in [6.07, 6.45) is -0.538. The maximum Gasteiger partial charge on any atom is 0.416 e. The molecule has 8 heteroatoms. The van der Waals surface area contributed by atoms with E-state index in [9.17, 15) is 13.2 Å². The average Bonchev–Trinajstić information content (AvgIpc) is 3.04. The van der Waals surface area contributed by atoms with E-state index >= 15 is 0 Å². The summed E-state index contributed by atoms with van der Waals surface area (Å²) in [5.74, 6) is 0.672. The third kappa shape index (κ3) is 3.04. The molecule has 1 aromatic heterocycles. The van der Waals surface area contributed by atoms with E-state index < -0.39 is 11.7 Å². The number of halogens is 3. The summed E-state index contributed by atoms with van der Waals surface area (Å²) in [6.45, 7) is 1.63. The molecule has 3 rings (SSSR count). The number of benzene rings is 1. The van der Waals surface area contributed by atoms with Crippen LogP contribution in [0.5, 0.6) is 0 Å². The number of hydrogen-bond donors (Lipinski definition) is 1. The van der Waals surface area contributed by atoms with Gasteiger partial charge in [-0.15, -0.1) is 0 Å². The summed E-state index contributed by atoms with van der Waals surface area (Å²) in [5.41, 5.74) is 0.298. The molecule has 2 aromatic rings. The number of fused-ring (bicyclic) bond motifs is 1. The zero-order valence-electron chi connectivity index (χ0n) is 12.6. The van der Waals surface area contributed by atoms with Crippen molar-refractivity contribution in [2.75, 3.05) is 19.7 Å². The Bertz CT molecular complexity index is 738. The number of hydrazine groups is 1. The first-order valence-electron chi connectivity index (χ1n) is 7.21. The molecule has 0 saturated heterocycles. The highest BCUT2D eigenvalue weighted by molar-refractivity contribution is 5.77. The first kappa shape index (κ1) is 15.8. The number of aromatic nitrogens is 2. The Balaban J connectivity index is 1.88. The van der Waals surface area contributed by atoms with Crippen LogP contribution in [-0.2, 0) is 19.8 Å². The molecule has 0 bridgehead atoms. The van der Waals surface area contributed by atoms with Crippen molar-refractivity contribution in [3.8, 4) is 0 Å². The fraction of sp³-hybridized carbons (Fsp3) is 0.400. The first-order valence-corrected chi connectivity index (χ1v) is 7.21. The Hall–Kier alpha value is -2.06. The Morgan fingerprint density at radius 2 is 2.09 bits per heavy atom. The number of aliphatic hydroxyl groups excluding tert-OH is 1. The molecule has 5 nitrogen and oxygen atoms in total. The van der Waals surface area contributed by atoms with Gasteiger partial charge in [-0.05, 0) is 18.2 Å². The summed E-state index contributed by atoms with van der Waals surface area (Å²) in [4.78, 5) is 4.35. The monoisotopic (exact) mass is 326 g/mol. The number of imidazole rings is 1. The molecular weight excluding hydrogens is 309 g/mol. The number of aryl methyl sites for hydroxylation is 1. The van der Waals surface area contributed by atoms with Crippen LogP contribution >= 0.6 is 0 Å². The van der Waals surface area contributed by atoms with Gasteiger partial charge in [0.15, 0.2) is 0 Å². The van der Waals surface area contributed by atoms with Crippen molar-refractivity contribution in [1.82, 2.24) is 19.6 Å². The smallest absolute Gasteiger partial charge is 0.394 e. The highest BCUT2D eigenvalue weighted by atomic mass is 19.4. The van der Waals surface area contributed by atoms with Gasteiger partial charge in [0.25, 0.3) is 0 Å². The van der Waals surface area contributed by atoms with E-state index in [0.717, 1.165) is 12.1 Å². The molecule has 124 valence electrons. The second kappa shape index (κ2) is 5.86. The lowest BCUT2D eigenvalue weighted by atomic mass is 10.2. The summed E-state index contributed by atoms with van der Waals surface area (Å²) in [7, 11) is 1.79. The van der Waals surface area contributed by atoms with Crippen LogP contribution in [-0.4, -0.2) is 44.4 Å². The summed E-state index contributed by atoms with van der Waals surface area (Å²) < 4.78 is 40.2. The zero-order valence-corrected chi connectivity index (χ0v) is 12.6. The predicted octanol–water partition coefficient (Wildman–Crippen LogP) is 2.13. The molecule has 0 saturated carbocycles. The minimum Gasteiger partial charge on any atom is -0.394 e. The van der Waals surface area contributed by atoms with E-state index in [1.54, 1.807) is 11.6 Å². The van der Waals surface area contributed by atoms with Crippen molar-refractivity contribution in [3.05, 3.63) is 41.9 Å². The molecule has 2 heterocycles. The van der Waals surface area contributed by atoms with E-state index in [2.05, 4.69) is 4.98 Å². The van der Waals surface area contributed by atoms with Crippen molar-refractivity contribution in [3.63, 3.8) is 0 Å². The summed E-state index contributed by atoms with van der Waals surface area (Å²) in [6, 6.07) is 3.60. The Labute approximate surface area is 131 Å². The maximum atomic E-state index is 12.8. The van der Waals surface area contributed by atoms with E-state index in [1.165, 1.54) is 6.07 Å². The molecule has 0 amide bonds. The summed E-state index contributed by atoms with van der Waals surface area (Å²) in [5, 5.41) is 12.9. The number of hydrogen-bond acceptors (Lipinski definition) is 4. The topological polar surface area (TPSA) is 44.5 Å². The highest BCUT2D eigenvalue weighted by Gasteiger charge is 2.31. The van der Waals surface area contributed by atoms with Gasteiger partial charge in [-0.1, -0.05) is 6.08 Å². The molecule has 0 unspecified atom stereocenters. The minimum atomic E-state index is -4.37. The lowest BCUT2D eigenvalue weighted by molar-refractivity contribution is -0.137. The molecule has 0 radical (unpaired) electrons. The number of alkyl halides is 3. The van der Waals surface area contributed by atoms with E-state index in [4.69, 9.17) is 5.11 Å². The third-order valence-electron chi connectivity index (χ3n) is 3.91. The van der Waals surface area contributed by atoms with Crippen molar-refractivity contribution in [2.45, 2.75) is 12.7 Å². The van der Waals surface area contributed by atoms with Crippen molar-refractivity contribution >= 4 is 11.0 Å². The van der Waals surface area contributed by atoms with Gasteiger partial charge >= 0.3 is 6.18 Å². The quantitative estimate of drug-likeness (QED) is 0.935. The molecule has 0 atom stereocenters. The largest absolute Gasteiger partial charge is 0.416 e. The SMILES string of the molecule is Cn1c(CN2CC=CN2CCO)nc2cc(C(F)(F)F)ccc21. The first-order chi connectivity index (χ1) is 10.9. The van der Waals surface area contributed by atoms with Crippen LogP contribution in [0.3, 0.4) is 0 Å². The lowest BCUT2D eigenvalue weighted by Crippen LogP contribution is -2.37. The molecule has 1 N–H and O–H groups in total. The highest BCUT2D eigenvalue weighted by Crippen LogP contribution is 2.31. The van der Waals surface area contributed by atoms with E-state index in [1.807, 2.05) is 22.3 Å². The number of nitrogens with zero attached hydrogens (tertiary/aromatic N) is 4. The van der Waals surface area contributed by atoms with Gasteiger partial charge in [0.1, 0.15) is 5.82 Å². The van der Waals surface area contributed by atoms with Gasteiger partial charge in [-0.3, -0.25) is 0 Å². The molecule has 1 aliphatic heterocycles. The van der Waals surface area contributed by atoms with Crippen LogP contribution in [0.25, 0.3) is 11.0 Å². The van der Waals surface area contributed by atoms with Gasteiger partial charge in [-0.25, -0.2) is 9.99 Å². The van der Waals surface area contributed by atoms with Crippen LogP contribution in [0.4, 0.5) is 13.2 Å². The minimum absolute atomic E-state index is 0.0261. The van der Waals surface area contributed by atoms with Crippen LogP contribution < -0.4 is 0 Å². The van der Waals surface area contributed by atoms with Crippen molar-refractivity contribution in [1.29, 1.82) is 0 Å². The molecule has 0 fully saturated rings. The van der Waals surface area contributed by atoms with Gasteiger partial charge < -0.3 is 14.7 Å². The Morgan fingerprint density at radius 1 is 1.30 bits per heavy atom. The average molecular weight is 326 g/mol. The third-order valence-corrected chi connectivity index (χ3v) is 3.91. The van der Waals surface area contributed by atoms with Crippen molar-refractivity contribution < 1.29 is 18.3 Å². The normalized spacial score (nSPS) is 16.0. The Kier molecular flexibility index (Phi) is 4.03. The number of β-amino-alcohol motifs (C(OH)–C–C–N with tert-alkyl or cyclic N) is 1. The van der Waals surface area contributed by atoms with Gasteiger partial charge in [0.05, 0.1) is 36.3 Å². The Morgan fingerprint density at radius 3 is 2.78 bits per heavy atom. The fourth-order valence-corrected chi connectivity index (χ4v) is 2.69. The van der Waals surface area contributed by atoms with Gasteiger partial charge in [0.2, 0.25) is 0 Å². The van der Waals surface area contributed by atoms with Crippen molar-refractivity contribution in [2.24, 2.45) is 7.05 Å². The second-order valence-electron chi connectivity index (χ2n) is 5.41. The van der Waals surface area contributed by atoms with Crippen LogP contribution in [0.15, 0.2) is 30.5 Å². The van der Waals surface area contributed by atoms with Crippen LogP contribution in [0.1, 0.15) is 11.4 Å². The molecule has 1 aliphatic rings. The molecule has 23 heavy (non-hydrogen) atoms. The zero-order chi connectivity index (χ0) is 16.6. The lowest BCUT2D eigenvalue weighted by Gasteiger charge is -2.28. The fourth-order valence-electron chi connectivity index (χ4n) is 2.69. The summed E-state index contributed by atoms with van der Waals surface area (Å²) >= 11 is 0. The number of rotatable bonds is 4. The maximum absolute atomic E-state index is 12.8. The van der Waals surface area contributed by atoms with Gasteiger partial charge in [0, 0.05) is 19.8 Å². The second-order valence-corrected chi connectivity index (χ2v) is 5.41. The predicted molar refractivity (Wildman–Crippen MR) is 79.1 cm³/mol. The molecule has 0 aliphatic carbocycles. The molecule has 0 spiro atoms. The van der Waals surface area contributed by atoms with E-state index in [0.29, 0.717) is 36.5 Å². The number of aliphatic hydroxyl groups is 1. The van der Waals surface area contributed by atoms with E-state index in [-0.39, 0.29) is 6.61 Å². The molecule has 1 aromatic carbocycles. The molecular formula is C15H17F3N4O. The standard InChI is InChI=1S/C15H17F3N4O/c1-20-13-4-3-11(15(16,17)18)9-12(13)19-14(20)10-22-6-2-5-21(22)7-8-23/h2-5,9,23H,6-8,10H2,1H3.